The molecule has 4 aromatic rings. The largest absolute Gasteiger partial charge is 0.365 e. The molecule has 0 aliphatic rings. The van der Waals surface area contributed by atoms with Crippen LogP contribution >= 0.6 is 0 Å². The van der Waals surface area contributed by atoms with Crippen LogP contribution in [0, 0.1) is 5.82 Å². The van der Waals surface area contributed by atoms with Crippen molar-refractivity contribution in [2.45, 2.75) is 58.6 Å². The molecule has 180 valence electrons. The molecule has 3 aromatic heterocycles. The van der Waals surface area contributed by atoms with Gasteiger partial charge in [-0.05, 0) is 31.0 Å². The number of ether oxygens (including phenoxy) is 1. The van der Waals surface area contributed by atoms with Crippen LogP contribution < -0.4 is 5.73 Å². The summed E-state index contributed by atoms with van der Waals surface area (Å²) in [5.41, 5.74) is 8.18. The van der Waals surface area contributed by atoms with E-state index in [-0.39, 0.29) is 18.1 Å². The van der Waals surface area contributed by atoms with Crippen LogP contribution in [0.1, 0.15) is 35.8 Å². The van der Waals surface area contributed by atoms with Gasteiger partial charge in [0.25, 0.3) is 5.91 Å². The summed E-state index contributed by atoms with van der Waals surface area (Å²) in [6.45, 7) is 9.88. The molecule has 0 fully saturated rings. The van der Waals surface area contributed by atoms with Crippen molar-refractivity contribution in [2.75, 3.05) is 6.61 Å². The number of unbranched alkanes of at least 4 members (excludes halogenated alkanes) is 1. The quantitative estimate of drug-likeness (QED) is 0.262. The molecule has 0 unspecified atom stereocenters. The highest BCUT2D eigenvalue weighted by molar-refractivity contribution is 6.76. The molecule has 0 atom stereocenters. The number of benzene rings is 1. The average Bonchev–Trinajstić information content (AvgIpc) is 3.34. The van der Waals surface area contributed by atoms with Crippen LogP contribution in [-0.4, -0.2) is 44.9 Å². The Morgan fingerprint density at radius 3 is 2.74 bits per heavy atom. The van der Waals surface area contributed by atoms with Crippen molar-refractivity contribution in [3.63, 3.8) is 0 Å². The van der Waals surface area contributed by atoms with Crippen LogP contribution in [0.3, 0.4) is 0 Å². The molecule has 0 radical (unpaired) electrons. The van der Waals surface area contributed by atoms with Crippen LogP contribution in [0.15, 0.2) is 30.6 Å². The lowest BCUT2D eigenvalue weighted by Crippen LogP contribution is -2.22. The Bertz CT molecular complexity index is 1340. The predicted octanol–water partition coefficient (Wildman–Crippen LogP) is 4.66. The summed E-state index contributed by atoms with van der Waals surface area (Å²) in [4.78, 5) is 21.9. The molecule has 0 saturated carbocycles. The molecule has 8 nitrogen and oxygen atoms in total. The predicted molar refractivity (Wildman–Crippen MR) is 133 cm³/mol. The van der Waals surface area contributed by atoms with Gasteiger partial charge in [0.1, 0.15) is 18.1 Å². The highest BCUT2D eigenvalue weighted by atomic mass is 28.3. The first kappa shape index (κ1) is 24.0. The fourth-order valence-corrected chi connectivity index (χ4v) is 4.53. The second-order valence-corrected chi connectivity index (χ2v) is 15.4. The average molecular weight is 483 g/mol. The summed E-state index contributed by atoms with van der Waals surface area (Å²) in [6.07, 6.45) is 5.85. The third-order valence-corrected chi connectivity index (χ3v) is 7.44. The molecule has 10 heteroatoms. The highest BCUT2D eigenvalue weighted by Crippen LogP contribution is 2.26. The first-order chi connectivity index (χ1) is 16.2. The maximum absolute atomic E-state index is 14.0. The summed E-state index contributed by atoms with van der Waals surface area (Å²) < 4.78 is 23.3. The smallest absolute Gasteiger partial charge is 0.252 e. The standard InChI is InChI=1S/C24H31FN6O2Si/c1-5-6-7-19-23(31-20-12-17(25)9-8-16(20)13-27-31)29-21-18(22(26)32)14-30(24(21)28-19)15-33-10-11-34(2,3)4/h8-9,12-14H,5-7,10-11,15H2,1-4H3,(H2,26,32). The lowest BCUT2D eigenvalue weighted by atomic mass is 10.2. The van der Waals surface area contributed by atoms with E-state index in [1.54, 1.807) is 27.7 Å². The van der Waals surface area contributed by atoms with Crippen molar-refractivity contribution in [3.8, 4) is 5.82 Å². The van der Waals surface area contributed by atoms with Gasteiger partial charge < -0.3 is 15.0 Å². The molecule has 1 amide bonds. The van der Waals surface area contributed by atoms with Crippen molar-refractivity contribution >= 4 is 36.0 Å². The van der Waals surface area contributed by atoms with Crippen molar-refractivity contribution < 1.29 is 13.9 Å². The van der Waals surface area contributed by atoms with Crippen LogP contribution in [-0.2, 0) is 17.9 Å². The van der Waals surface area contributed by atoms with Gasteiger partial charge in [-0.1, -0.05) is 33.0 Å². The number of halogens is 1. The van der Waals surface area contributed by atoms with Gasteiger partial charge in [0.15, 0.2) is 11.5 Å². The number of amides is 1. The van der Waals surface area contributed by atoms with Gasteiger partial charge in [-0.15, -0.1) is 0 Å². The number of hydrogen-bond donors (Lipinski definition) is 1. The molecule has 4 rings (SSSR count). The normalized spacial score (nSPS) is 12.1. The van der Waals surface area contributed by atoms with Gasteiger partial charge in [0.2, 0.25) is 0 Å². The zero-order valence-corrected chi connectivity index (χ0v) is 21.1. The molecule has 34 heavy (non-hydrogen) atoms. The fraction of sp³-hybridized carbons (Fsp3) is 0.417. The number of aryl methyl sites for hydroxylation is 1. The molecular formula is C24H31FN6O2Si. The summed E-state index contributed by atoms with van der Waals surface area (Å²) in [5, 5.41) is 5.24. The van der Waals surface area contributed by atoms with Gasteiger partial charge in [-0.2, -0.15) is 5.10 Å². The monoisotopic (exact) mass is 482 g/mol. The summed E-state index contributed by atoms with van der Waals surface area (Å²) in [5.74, 6) is -0.483. The Morgan fingerprint density at radius 1 is 1.24 bits per heavy atom. The fourth-order valence-electron chi connectivity index (χ4n) is 3.77. The number of hydrogen-bond acceptors (Lipinski definition) is 5. The lowest BCUT2D eigenvalue weighted by Gasteiger charge is -2.16. The van der Waals surface area contributed by atoms with Gasteiger partial charge in [-0.25, -0.2) is 19.0 Å². The topological polar surface area (TPSA) is 101 Å². The van der Waals surface area contributed by atoms with Crippen molar-refractivity contribution in [3.05, 3.63) is 47.7 Å². The van der Waals surface area contributed by atoms with E-state index in [1.807, 2.05) is 0 Å². The number of rotatable bonds is 10. The minimum Gasteiger partial charge on any atom is -0.365 e. The maximum Gasteiger partial charge on any atom is 0.252 e. The van der Waals surface area contributed by atoms with Gasteiger partial charge in [-0.3, -0.25) is 4.79 Å². The van der Waals surface area contributed by atoms with Crippen molar-refractivity contribution in [1.29, 1.82) is 0 Å². The van der Waals surface area contributed by atoms with Crippen LogP contribution in [0.5, 0.6) is 0 Å². The Morgan fingerprint density at radius 2 is 2.03 bits per heavy atom. The Kier molecular flexibility index (Phi) is 6.81. The summed E-state index contributed by atoms with van der Waals surface area (Å²) >= 11 is 0. The molecular weight excluding hydrogens is 451 g/mol. The van der Waals surface area contributed by atoms with Gasteiger partial charge >= 0.3 is 0 Å². The van der Waals surface area contributed by atoms with Crippen molar-refractivity contribution in [1.82, 2.24) is 24.3 Å². The van der Waals surface area contributed by atoms with E-state index in [9.17, 15) is 9.18 Å². The van der Waals surface area contributed by atoms with Crippen LogP contribution in [0.2, 0.25) is 25.7 Å². The molecule has 2 N–H and O–H groups in total. The lowest BCUT2D eigenvalue weighted by molar-refractivity contribution is 0.0895. The van der Waals surface area contributed by atoms with Crippen molar-refractivity contribution in [2.24, 2.45) is 5.73 Å². The molecule has 0 saturated heterocycles. The minimum atomic E-state index is -1.22. The first-order valence-electron chi connectivity index (χ1n) is 11.6. The number of nitrogens with zero attached hydrogens (tertiary/aromatic N) is 5. The number of nitrogens with two attached hydrogens (primary N) is 1. The second-order valence-electron chi connectivity index (χ2n) is 9.75. The molecule has 0 spiro atoms. The maximum atomic E-state index is 14.0. The summed E-state index contributed by atoms with van der Waals surface area (Å²) in [7, 11) is -1.22. The number of aromatic nitrogens is 5. The van der Waals surface area contributed by atoms with E-state index in [0.717, 1.165) is 30.0 Å². The molecule has 0 aliphatic heterocycles. The van der Waals surface area contributed by atoms with E-state index in [2.05, 4.69) is 31.7 Å². The van der Waals surface area contributed by atoms with E-state index < -0.39 is 14.0 Å². The van der Waals surface area contributed by atoms with Crippen LogP contribution in [0.4, 0.5) is 4.39 Å². The Balaban J connectivity index is 1.82. The molecule has 0 aliphatic carbocycles. The number of carbonyl (C=O) groups is 1. The Hall–Kier alpha value is -3.11. The Labute approximate surface area is 198 Å². The zero-order valence-electron chi connectivity index (χ0n) is 20.1. The summed E-state index contributed by atoms with van der Waals surface area (Å²) in [6, 6.07) is 5.53. The number of carbonyl (C=O) groups excluding carboxylic acids is 1. The number of primary amides is 1. The van der Waals surface area contributed by atoms with E-state index in [4.69, 9.17) is 20.4 Å². The SMILES string of the molecule is CCCCc1nc2c(nc1-n1ncc3ccc(F)cc31)c(C(N)=O)cn2COCC[Si](C)(C)C. The van der Waals surface area contributed by atoms with E-state index in [1.165, 1.54) is 12.1 Å². The molecule has 1 aromatic carbocycles. The third-order valence-electron chi connectivity index (χ3n) is 5.73. The second kappa shape index (κ2) is 9.63. The highest BCUT2D eigenvalue weighted by Gasteiger charge is 2.21. The number of fused-ring (bicyclic) bond motifs is 2. The van der Waals surface area contributed by atoms with Crippen LogP contribution in [0.25, 0.3) is 27.9 Å². The third kappa shape index (κ3) is 5.02. The molecule has 3 heterocycles. The zero-order chi connectivity index (χ0) is 24.5. The van der Waals surface area contributed by atoms with E-state index >= 15 is 0 Å². The van der Waals surface area contributed by atoms with E-state index in [0.29, 0.717) is 35.5 Å². The first-order valence-corrected chi connectivity index (χ1v) is 15.3. The molecule has 0 bridgehead atoms. The minimum absolute atomic E-state index is 0.255. The van der Waals surface area contributed by atoms with Gasteiger partial charge in [0, 0.05) is 32.3 Å². The van der Waals surface area contributed by atoms with Gasteiger partial charge in [0.05, 0.1) is 23.0 Å².